The van der Waals surface area contributed by atoms with E-state index >= 15 is 0 Å². The van der Waals surface area contributed by atoms with Gasteiger partial charge in [0.25, 0.3) is 0 Å². The van der Waals surface area contributed by atoms with E-state index in [9.17, 15) is 0 Å². The summed E-state index contributed by atoms with van der Waals surface area (Å²) in [5.74, 6) is 1.30. The van der Waals surface area contributed by atoms with Crippen LogP contribution in [0.2, 0.25) is 0 Å². The Kier molecular flexibility index (Phi) is 6.09. The molecule has 1 aromatic heterocycles. The second kappa shape index (κ2) is 8.70. The summed E-state index contributed by atoms with van der Waals surface area (Å²) in [5, 5.41) is 13.6. The maximum Gasteiger partial charge on any atom is 0.218 e. The Morgan fingerprint density at radius 3 is 2.96 bits per heavy atom. The summed E-state index contributed by atoms with van der Waals surface area (Å²) in [6, 6.07) is 4.04. The second-order valence-electron chi connectivity index (χ2n) is 6.64. The van der Waals surface area contributed by atoms with Gasteiger partial charge in [-0.25, -0.2) is 4.68 Å². The zero-order valence-corrected chi connectivity index (χ0v) is 16.0. The Hall–Kier alpha value is -3.14. The van der Waals surface area contributed by atoms with E-state index in [-0.39, 0.29) is 0 Å². The largest absolute Gasteiger partial charge is 0.439 e. The van der Waals surface area contributed by atoms with Crippen molar-refractivity contribution in [3.05, 3.63) is 77.8 Å². The fraction of sp³-hybridized carbons (Fsp3) is 0.273. The minimum absolute atomic E-state index is 0.474. The van der Waals surface area contributed by atoms with Gasteiger partial charge in [0.1, 0.15) is 5.76 Å². The van der Waals surface area contributed by atoms with Crippen molar-refractivity contribution < 1.29 is 9.47 Å². The molecule has 1 aliphatic carbocycles. The van der Waals surface area contributed by atoms with Crippen LogP contribution in [0.5, 0.6) is 5.88 Å². The molecule has 3 rings (SSSR count). The molecule has 2 N–H and O–H groups in total. The van der Waals surface area contributed by atoms with E-state index in [1.807, 2.05) is 43.4 Å². The number of allylic oxidation sites excluding steroid dienone is 7. The highest BCUT2D eigenvalue weighted by atomic mass is 16.5. The van der Waals surface area contributed by atoms with Crippen LogP contribution in [0.25, 0.3) is 6.08 Å². The molecule has 1 fully saturated rings. The normalized spacial score (nSPS) is 18.7. The molecule has 2 aliphatic rings. The maximum atomic E-state index is 9.03. The van der Waals surface area contributed by atoms with Gasteiger partial charge in [-0.3, -0.25) is 0 Å². The summed E-state index contributed by atoms with van der Waals surface area (Å²) in [6.45, 7) is 7.42. The number of hydrogen-bond donors (Lipinski definition) is 1. The summed E-state index contributed by atoms with van der Waals surface area (Å²) in [4.78, 5) is 0. The molecule has 0 aromatic carbocycles. The fourth-order valence-corrected chi connectivity index (χ4v) is 2.87. The molecule has 0 spiro atoms. The van der Waals surface area contributed by atoms with Gasteiger partial charge in [-0.05, 0) is 36.8 Å². The quantitative estimate of drug-likeness (QED) is 0.737. The van der Waals surface area contributed by atoms with Gasteiger partial charge in [-0.1, -0.05) is 30.9 Å². The van der Waals surface area contributed by atoms with Crippen LogP contribution in [0.3, 0.4) is 0 Å². The number of rotatable bonds is 7. The molecule has 28 heavy (non-hydrogen) atoms. The Morgan fingerprint density at radius 2 is 2.32 bits per heavy atom. The first-order chi connectivity index (χ1) is 13.6. The molecule has 0 saturated carbocycles. The van der Waals surface area contributed by atoms with E-state index in [4.69, 9.17) is 20.5 Å². The Balaban J connectivity index is 1.80. The summed E-state index contributed by atoms with van der Waals surface area (Å²) in [6.07, 6.45) is 15.4. The molecule has 0 radical (unpaired) electrons. The van der Waals surface area contributed by atoms with Crippen LogP contribution in [0.4, 0.5) is 0 Å². The van der Waals surface area contributed by atoms with Gasteiger partial charge in [-0.2, -0.15) is 10.4 Å². The highest BCUT2D eigenvalue weighted by Crippen LogP contribution is 2.26. The molecule has 0 bridgehead atoms. The second-order valence-corrected chi connectivity index (χ2v) is 6.64. The van der Waals surface area contributed by atoms with Gasteiger partial charge in [0.2, 0.25) is 5.88 Å². The molecule has 1 saturated heterocycles. The molecule has 0 atom stereocenters. The van der Waals surface area contributed by atoms with Gasteiger partial charge in [0, 0.05) is 24.6 Å². The summed E-state index contributed by atoms with van der Waals surface area (Å²) >= 11 is 0. The highest BCUT2D eigenvalue weighted by Gasteiger charge is 2.36. The zero-order chi connectivity index (χ0) is 20.0. The summed E-state index contributed by atoms with van der Waals surface area (Å²) < 4.78 is 13.0. The molecule has 1 aliphatic heterocycles. The van der Waals surface area contributed by atoms with Crippen LogP contribution in [0, 0.1) is 11.3 Å². The van der Waals surface area contributed by atoms with Gasteiger partial charge in [-0.15, -0.1) is 0 Å². The van der Waals surface area contributed by atoms with E-state index in [1.54, 1.807) is 22.9 Å². The van der Waals surface area contributed by atoms with E-state index in [0.29, 0.717) is 43.4 Å². The lowest BCUT2D eigenvalue weighted by molar-refractivity contribution is -0.0321. The predicted molar refractivity (Wildman–Crippen MR) is 109 cm³/mol. The molecule has 2 heterocycles. The van der Waals surface area contributed by atoms with E-state index < -0.39 is 5.54 Å². The number of nitrogens with zero attached hydrogens (tertiary/aromatic N) is 3. The van der Waals surface area contributed by atoms with E-state index in [1.165, 1.54) is 0 Å². The Bertz CT molecular complexity index is 934. The molecule has 0 amide bonds. The van der Waals surface area contributed by atoms with Crippen LogP contribution in [0.15, 0.2) is 72.1 Å². The molecule has 6 nitrogen and oxygen atoms in total. The fourth-order valence-electron chi connectivity index (χ4n) is 2.87. The lowest BCUT2D eigenvalue weighted by Gasteiger charge is -2.38. The molecular weight excluding hydrogens is 352 g/mol. The van der Waals surface area contributed by atoms with Gasteiger partial charge < -0.3 is 15.2 Å². The molecule has 1 aromatic rings. The van der Waals surface area contributed by atoms with Gasteiger partial charge >= 0.3 is 0 Å². The maximum absolute atomic E-state index is 9.03. The third-order valence-electron chi connectivity index (χ3n) is 4.52. The number of nitriles is 1. The first-order valence-corrected chi connectivity index (χ1v) is 9.19. The number of ether oxygens (including phenoxy) is 2. The Morgan fingerprint density at radius 1 is 1.50 bits per heavy atom. The SMILES string of the molecule is C=C/C=C(\C=C\c1cc(OC2=CC=C(C#N)CC=C2)n(CC)n1)C1(N)COC1. The average molecular weight is 376 g/mol. The van der Waals surface area contributed by atoms with Gasteiger partial charge in [0.15, 0.2) is 0 Å². The lowest BCUT2D eigenvalue weighted by Crippen LogP contribution is -2.58. The molecule has 144 valence electrons. The van der Waals surface area contributed by atoms with Crippen LogP contribution < -0.4 is 10.5 Å². The van der Waals surface area contributed by atoms with Crippen LogP contribution in [-0.2, 0) is 11.3 Å². The zero-order valence-electron chi connectivity index (χ0n) is 16.0. The van der Waals surface area contributed by atoms with E-state index in [2.05, 4.69) is 17.7 Å². The van der Waals surface area contributed by atoms with Crippen molar-refractivity contribution in [2.75, 3.05) is 13.2 Å². The highest BCUT2D eigenvalue weighted by molar-refractivity contribution is 5.54. The predicted octanol–water partition coefficient (Wildman–Crippen LogP) is 3.43. The lowest BCUT2D eigenvalue weighted by atomic mass is 9.88. The van der Waals surface area contributed by atoms with Crippen molar-refractivity contribution in [2.45, 2.75) is 25.4 Å². The minimum Gasteiger partial charge on any atom is -0.439 e. The smallest absolute Gasteiger partial charge is 0.218 e. The van der Waals surface area contributed by atoms with Crippen molar-refractivity contribution in [3.8, 4) is 11.9 Å². The number of aromatic nitrogens is 2. The molecular formula is C22H24N4O2. The third kappa shape index (κ3) is 4.39. The third-order valence-corrected chi connectivity index (χ3v) is 4.52. The standard InChI is InChI=1S/C22H24N4O2/c1-3-6-18(22(24)15-27-16-22)10-11-19-13-21(26(4-2)25-19)28-20-8-5-7-17(14-23)9-12-20/h3,5-6,8-13H,1,4,7,15-16,24H2,2H3/b11-10+,18-6+. The van der Waals surface area contributed by atoms with Gasteiger partial charge in [0.05, 0.1) is 30.5 Å². The Labute approximate surface area is 165 Å². The monoisotopic (exact) mass is 376 g/mol. The van der Waals surface area contributed by atoms with Crippen molar-refractivity contribution in [1.82, 2.24) is 9.78 Å². The van der Waals surface area contributed by atoms with Crippen molar-refractivity contribution in [1.29, 1.82) is 5.26 Å². The summed E-state index contributed by atoms with van der Waals surface area (Å²) in [7, 11) is 0. The number of aryl methyl sites for hydroxylation is 1. The molecule has 6 heteroatoms. The summed E-state index contributed by atoms with van der Waals surface area (Å²) in [5.41, 5.74) is 8.27. The minimum atomic E-state index is -0.474. The van der Waals surface area contributed by atoms with Crippen LogP contribution >= 0.6 is 0 Å². The van der Waals surface area contributed by atoms with Crippen molar-refractivity contribution >= 4 is 6.08 Å². The van der Waals surface area contributed by atoms with E-state index in [0.717, 1.165) is 11.3 Å². The first kappa shape index (κ1) is 19.6. The number of nitrogens with two attached hydrogens (primary N) is 1. The van der Waals surface area contributed by atoms with Crippen molar-refractivity contribution in [2.24, 2.45) is 5.73 Å². The van der Waals surface area contributed by atoms with Crippen LogP contribution in [0.1, 0.15) is 19.0 Å². The average Bonchev–Trinajstić information content (AvgIpc) is 2.91. The number of hydrogen-bond acceptors (Lipinski definition) is 5. The topological polar surface area (TPSA) is 86.1 Å². The van der Waals surface area contributed by atoms with Crippen molar-refractivity contribution in [3.63, 3.8) is 0 Å². The molecule has 0 unspecified atom stereocenters. The van der Waals surface area contributed by atoms with Crippen LogP contribution in [-0.4, -0.2) is 28.5 Å². The first-order valence-electron chi connectivity index (χ1n) is 9.19.